The van der Waals surface area contributed by atoms with Gasteiger partial charge in [0.1, 0.15) is 0 Å². The Morgan fingerprint density at radius 2 is 2.42 bits per heavy atom. The first-order valence-corrected chi connectivity index (χ1v) is 8.07. The molecule has 4 heteroatoms. The Hall–Kier alpha value is -0.870. The Morgan fingerprint density at radius 1 is 1.58 bits per heavy atom. The van der Waals surface area contributed by atoms with Gasteiger partial charge in [-0.05, 0) is 31.1 Å². The molecule has 1 saturated carbocycles. The average molecular weight is 278 g/mol. The van der Waals surface area contributed by atoms with Crippen LogP contribution < -0.4 is 0 Å². The Labute approximate surface area is 118 Å². The molecule has 2 heterocycles. The zero-order valence-electron chi connectivity index (χ0n) is 11.7. The van der Waals surface area contributed by atoms with E-state index in [1.54, 1.807) is 11.3 Å². The van der Waals surface area contributed by atoms with Gasteiger partial charge in [0.2, 0.25) is 0 Å². The Kier molecular flexibility index (Phi) is 3.39. The van der Waals surface area contributed by atoms with Crippen molar-refractivity contribution < 1.29 is 5.11 Å². The van der Waals surface area contributed by atoms with E-state index in [2.05, 4.69) is 25.0 Å². The fraction of sp³-hybridized carbons (Fsp3) is 0.667. The lowest BCUT2D eigenvalue weighted by Gasteiger charge is -2.38. The minimum absolute atomic E-state index is 0.544. The van der Waals surface area contributed by atoms with E-state index in [1.165, 1.54) is 6.42 Å². The zero-order valence-corrected chi connectivity index (χ0v) is 12.5. The number of hydrogen-bond acceptors (Lipinski definition) is 3. The van der Waals surface area contributed by atoms with Crippen LogP contribution in [0.15, 0.2) is 17.8 Å². The lowest BCUT2D eigenvalue weighted by molar-refractivity contribution is -0.0245. The molecule has 0 spiro atoms. The van der Waals surface area contributed by atoms with E-state index in [-0.39, 0.29) is 0 Å². The lowest BCUT2D eigenvalue weighted by atomic mass is 9.72. The van der Waals surface area contributed by atoms with Crippen LogP contribution >= 0.6 is 11.3 Å². The van der Waals surface area contributed by atoms with E-state index >= 15 is 0 Å². The average Bonchev–Trinajstić information content (AvgIpc) is 2.88. The van der Waals surface area contributed by atoms with Crippen LogP contribution in [-0.2, 0) is 6.42 Å². The second-order valence-electron chi connectivity index (χ2n) is 6.33. The van der Waals surface area contributed by atoms with Crippen molar-refractivity contribution in [1.29, 1.82) is 0 Å². The molecule has 0 saturated heterocycles. The van der Waals surface area contributed by atoms with Crippen LogP contribution in [0.5, 0.6) is 0 Å². The highest BCUT2D eigenvalue weighted by atomic mass is 32.1. The van der Waals surface area contributed by atoms with E-state index in [9.17, 15) is 5.11 Å². The maximum Gasteiger partial charge on any atom is 0.193 e. The first-order valence-electron chi connectivity index (χ1n) is 7.19. The summed E-state index contributed by atoms with van der Waals surface area (Å²) in [4.78, 5) is 5.63. The molecule has 104 valence electrons. The molecule has 0 aliphatic heterocycles. The summed E-state index contributed by atoms with van der Waals surface area (Å²) < 4.78 is 2.05. The third kappa shape index (κ3) is 2.70. The number of nitrogens with zero attached hydrogens (tertiary/aromatic N) is 2. The number of fused-ring (bicyclic) bond motifs is 1. The summed E-state index contributed by atoms with van der Waals surface area (Å²) in [5, 5.41) is 12.9. The van der Waals surface area contributed by atoms with Crippen molar-refractivity contribution in [2.24, 2.45) is 11.8 Å². The van der Waals surface area contributed by atoms with Gasteiger partial charge in [-0.25, -0.2) is 4.98 Å². The molecular weight excluding hydrogens is 256 g/mol. The van der Waals surface area contributed by atoms with Crippen molar-refractivity contribution >= 4 is 16.3 Å². The molecule has 3 nitrogen and oxygen atoms in total. The predicted octanol–water partition coefficient (Wildman–Crippen LogP) is 3.52. The molecule has 1 aliphatic carbocycles. The van der Waals surface area contributed by atoms with Gasteiger partial charge in [0.15, 0.2) is 4.96 Å². The SMILES string of the molecule is CC(C)C1CCCC(O)(Cc2cn3ccsc3n2)C1. The number of rotatable bonds is 3. The molecule has 2 unspecified atom stereocenters. The standard InChI is InChI=1S/C15H22N2OS/c1-11(2)12-4-3-5-15(18,8-12)9-13-10-17-6-7-19-14(17)16-13/h6-7,10-12,18H,3-5,8-9H2,1-2H3. The van der Waals surface area contributed by atoms with Crippen molar-refractivity contribution in [3.05, 3.63) is 23.5 Å². The minimum Gasteiger partial charge on any atom is -0.389 e. The predicted molar refractivity (Wildman–Crippen MR) is 78.5 cm³/mol. The lowest BCUT2D eigenvalue weighted by Crippen LogP contribution is -2.38. The molecule has 2 atom stereocenters. The van der Waals surface area contributed by atoms with Gasteiger partial charge in [0.25, 0.3) is 0 Å². The molecular formula is C15H22N2OS. The first kappa shape index (κ1) is 13.1. The highest BCUT2D eigenvalue weighted by Gasteiger charge is 2.36. The maximum absolute atomic E-state index is 10.9. The van der Waals surface area contributed by atoms with Crippen molar-refractivity contribution in [1.82, 2.24) is 9.38 Å². The van der Waals surface area contributed by atoms with E-state index in [1.807, 2.05) is 16.0 Å². The van der Waals surface area contributed by atoms with E-state index in [4.69, 9.17) is 0 Å². The van der Waals surface area contributed by atoms with Gasteiger partial charge in [0.05, 0.1) is 11.3 Å². The largest absolute Gasteiger partial charge is 0.389 e. The summed E-state index contributed by atoms with van der Waals surface area (Å²) in [5.74, 6) is 1.32. The number of hydrogen-bond donors (Lipinski definition) is 1. The fourth-order valence-electron chi connectivity index (χ4n) is 3.31. The summed E-state index contributed by atoms with van der Waals surface area (Å²) in [5.41, 5.74) is 0.482. The second kappa shape index (κ2) is 4.91. The normalized spacial score (nSPS) is 28.3. The zero-order chi connectivity index (χ0) is 13.5. The van der Waals surface area contributed by atoms with E-state index in [0.29, 0.717) is 18.3 Å². The van der Waals surface area contributed by atoms with Gasteiger partial charge in [0, 0.05) is 24.2 Å². The van der Waals surface area contributed by atoms with E-state index < -0.39 is 5.60 Å². The number of imidazole rings is 1. The number of aromatic nitrogens is 2. The third-order valence-corrected chi connectivity index (χ3v) is 5.23. The van der Waals surface area contributed by atoms with E-state index in [0.717, 1.165) is 29.9 Å². The molecule has 19 heavy (non-hydrogen) atoms. The van der Waals surface area contributed by atoms with Gasteiger partial charge in [-0.15, -0.1) is 11.3 Å². The Bertz CT molecular complexity index is 531. The van der Waals surface area contributed by atoms with Crippen LogP contribution in [0, 0.1) is 11.8 Å². The molecule has 0 aromatic carbocycles. The maximum atomic E-state index is 10.9. The van der Waals surface area contributed by atoms with Crippen molar-refractivity contribution in [3.8, 4) is 0 Å². The molecule has 1 N–H and O–H groups in total. The molecule has 1 fully saturated rings. The summed E-state index contributed by atoms with van der Waals surface area (Å²) in [6, 6.07) is 0. The quantitative estimate of drug-likeness (QED) is 0.933. The van der Waals surface area contributed by atoms with Crippen LogP contribution in [0.2, 0.25) is 0 Å². The second-order valence-corrected chi connectivity index (χ2v) is 7.20. The van der Waals surface area contributed by atoms with Crippen LogP contribution in [0.1, 0.15) is 45.2 Å². The van der Waals surface area contributed by atoms with Gasteiger partial charge in [-0.2, -0.15) is 0 Å². The van der Waals surface area contributed by atoms with Crippen LogP contribution in [-0.4, -0.2) is 20.1 Å². The summed E-state index contributed by atoms with van der Waals surface area (Å²) in [6.07, 6.45) is 9.03. The third-order valence-electron chi connectivity index (χ3n) is 4.46. The molecule has 0 radical (unpaired) electrons. The van der Waals surface area contributed by atoms with Crippen LogP contribution in [0.3, 0.4) is 0 Å². The van der Waals surface area contributed by atoms with Crippen molar-refractivity contribution in [2.75, 3.05) is 0 Å². The molecule has 0 bridgehead atoms. The number of aliphatic hydroxyl groups is 1. The topological polar surface area (TPSA) is 37.5 Å². The first-order chi connectivity index (χ1) is 9.06. The van der Waals surface area contributed by atoms with Crippen molar-refractivity contribution in [3.63, 3.8) is 0 Å². The minimum atomic E-state index is -0.544. The van der Waals surface area contributed by atoms with Gasteiger partial charge in [-0.1, -0.05) is 20.3 Å². The Morgan fingerprint density at radius 3 is 3.16 bits per heavy atom. The highest BCUT2D eigenvalue weighted by molar-refractivity contribution is 7.15. The van der Waals surface area contributed by atoms with Crippen molar-refractivity contribution in [2.45, 2.75) is 51.6 Å². The summed E-state index contributed by atoms with van der Waals surface area (Å²) >= 11 is 1.64. The molecule has 1 aliphatic rings. The summed E-state index contributed by atoms with van der Waals surface area (Å²) in [6.45, 7) is 4.53. The van der Waals surface area contributed by atoms with Crippen LogP contribution in [0.4, 0.5) is 0 Å². The molecule has 0 amide bonds. The highest BCUT2D eigenvalue weighted by Crippen LogP contribution is 2.38. The smallest absolute Gasteiger partial charge is 0.193 e. The molecule has 3 rings (SSSR count). The summed E-state index contributed by atoms with van der Waals surface area (Å²) in [7, 11) is 0. The Balaban J connectivity index is 1.75. The monoisotopic (exact) mass is 278 g/mol. The van der Waals surface area contributed by atoms with Gasteiger partial charge in [-0.3, -0.25) is 4.40 Å². The molecule has 2 aromatic rings. The number of thiazole rings is 1. The van der Waals surface area contributed by atoms with Gasteiger partial charge < -0.3 is 5.11 Å². The van der Waals surface area contributed by atoms with Gasteiger partial charge >= 0.3 is 0 Å². The molecule has 2 aromatic heterocycles. The fourth-order valence-corrected chi connectivity index (χ4v) is 4.03. The van der Waals surface area contributed by atoms with Crippen LogP contribution in [0.25, 0.3) is 4.96 Å².